The van der Waals surface area contributed by atoms with Gasteiger partial charge in [0, 0.05) is 18.9 Å². The zero-order valence-electron chi connectivity index (χ0n) is 19.1. The van der Waals surface area contributed by atoms with E-state index in [-0.39, 0.29) is 17.8 Å². The highest BCUT2D eigenvalue weighted by molar-refractivity contribution is 7.20. The zero-order chi connectivity index (χ0) is 23.0. The van der Waals surface area contributed by atoms with Gasteiger partial charge in [-0.2, -0.15) is 0 Å². The quantitative estimate of drug-likeness (QED) is 0.479. The van der Waals surface area contributed by atoms with Crippen LogP contribution in [0.15, 0.2) is 14.6 Å². The summed E-state index contributed by atoms with van der Waals surface area (Å²) in [4.78, 5) is 44.2. The maximum atomic E-state index is 13.4. The van der Waals surface area contributed by atoms with Gasteiger partial charge in [-0.15, -0.1) is 11.3 Å². The summed E-state index contributed by atoms with van der Waals surface area (Å²) in [5.41, 5.74) is -0.802. The van der Waals surface area contributed by atoms with Crippen LogP contribution in [0.25, 0.3) is 10.2 Å². The molecule has 2 heterocycles. The number of hydrogen-bond acceptors (Lipinski definition) is 7. The van der Waals surface area contributed by atoms with Crippen molar-refractivity contribution in [3.8, 4) is 0 Å². The van der Waals surface area contributed by atoms with E-state index in [1.54, 1.807) is 38.7 Å². The molecule has 0 radical (unpaired) electrons. The molecule has 0 amide bonds. The molecule has 170 valence electrons. The monoisotopic (exact) mass is 449 g/mol. The Morgan fingerprint density at radius 2 is 1.97 bits per heavy atom. The number of hydrogen-bond donors (Lipinski definition) is 0. The van der Waals surface area contributed by atoms with Crippen molar-refractivity contribution in [1.82, 2.24) is 9.13 Å². The van der Waals surface area contributed by atoms with Crippen LogP contribution >= 0.6 is 11.3 Å². The summed E-state index contributed by atoms with van der Waals surface area (Å²) < 4.78 is 13.5. The van der Waals surface area contributed by atoms with Crippen molar-refractivity contribution in [2.75, 3.05) is 20.3 Å². The van der Waals surface area contributed by atoms with Crippen molar-refractivity contribution in [3.05, 3.63) is 31.3 Å². The normalized spacial score (nSPS) is 16.1. The number of esters is 1. The lowest BCUT2D eigenvalue weighted by Gasteiger charge is -2.39. The smallest absolute Gasteiger partial charge is 0.332 e. The molecule has 0 atom stereocenters. The van der Waals surface area contributed by atoms with E-state index in [9.17, 15) is 14.4 Å². The minimum Gasteiger partial charge on any atom is -0.459 e. The molecule has 1 aliphatic rings. The number of thiophene rings is 1. The second kappa shape index (κ2) is 8.70. The second-order valence-electron chi connectivity index (χ2n) is 9.25. The number of carbonyl (C=O) groups excluding carboxylic acids is 1. The molecule has 0 bridgehead atoms. The van der Waals surface area contributed by atoms with Gasteiger partial charge in [0.05, 0.1) is 23.4 Å². The van der Waals surface area contributed by atoms with E-state index in [2.05, 4.69) is 4.99 Å². The number of carbonyl (C=O) groups is 1. The standard InChI is InChI=1S/C22H31N3O5S/c1-14-15(12-23-13-16(26)30-21(2,3)4)31-19-17(14)18(27)25(22(5)8-7-9-22)20(28)24(19)10-11-29-6/h12H,7-11,13H2,1-6H3. The summed E-state index contributed by atoms with van der Waals surface area (Å²) in [6.07, 6.45) is 4.21. The summed E-state index contributed by atoms with van der Waals surface area (Å²) in [5, 5.41) is 0.535. The summed E-state index contributed by atoms with van der Waals surface area (Å²) in [6.45, 7) is 9.85. The number of fused-ring (bicyclic) bond motifs is 1. The number of rotatable bonds is 7. The van der Waals surface area contributed by atoms with Gasteiger partial charge in [0.25, 0.3) is 5.56 Å². The number of aliphatic imine (C=N–C) groups is 1. The minimum absolute atomic E-state index is 0.107. The lowest BCUT2D eigenvalue weighted by atomic mass is 9.78. The Labute approximate surface area is 185 Å². The van der Waals surface area contributed by atoms with E-state index in [0.717, 1.165) is 29.7 Å². The average molecular weight is 450 g/mol. The van der Waals surface area contributed by atoms with E-state index < -0.39 is 17.1 Å². The molecular weight excluding hydrogens is 418 g/mol. The number of aromatic nitrogens is 2. The number of nitrogens with zero attached hydrogens (tertiary/aromatic N) is 3. The average Bonchev–Trinajstić information content (AvgIpc) is 2.95. The minimum atomic E-state index is -0.569. The highest BCUT2D eigenvalue weighted by Gasteiger charge is 2.37. The lowest BCUT2D eigenvalue weighted by Crippen LogP contribution is -2.53. The topological polar surface area (TPSA) is 91.9 Å². The third-order valence-corrected chi connectivity index (χ3v) is 6.84. The maximum Gasteiger partial charge on any atom is 0.332 e. The van der Waals surface area contributed by atoms with Crippen LogP contribution in [0.3, 0.4) is 0 Å². The first kappa shape index (κ1) is 23.4. The first-order valence-corrected chi connectivity index (χ1v) is 11.3. The van der Waals surface area contributed by atoms with Crippen molar-refractivity contribution in [2.24, 2.45) is 4.99 Å². The van der Waals surface area contributed by atoms with Crippen molar-refractivity contribution in [2.45, 2.75) is 71.6 Å². The Kier molecular flexibility index (Phi) is 6.57. The van der Waals surface area contributed by atoms with Crippen LogP contribution in [0.4, 0.5) is 0 Å². The fourth-order valence-electron chi connectivity index (χ4n) is 3.83. The highest BCUT2D eigenvalue weighted by Crippen LogP contribution is 2.37. The fraction of sp³-hybridized carbons (Fsp3) is 0.636. The number of ether oxygens (including phenoxy) is 2. The highest BCUT2D eigenvalue weighted by atomic mass is 32.1. The molecule has 2 aromatic rings. The predicted octanol–water partition coefficient (Wildman–Crippen LogP) is 2.84. The molecule has 1 aliphatic carbocycles. The van der Waals surface area contributed by atoms with Crippen molar-refractivity contribution >= 4 is 33.7 Å². The molecule has 9 heteroatoms. The molecule has 0 saturated heterocycles. The van der Waals surface area contributed by atoms with Crippen LogP contribution in [0.5, 0.6) is 0 Å². The molecule has 31 heavy (non-hydrogen) atoms. The molecule has 0 aromatic carbocycles. The second-order valence-corrected chi connectivity index (χ2v) is 10.3. The fourth-order valence-corrected chi connectivity index (χ4v) is 5.04. The van der Waals surface area contributed by atoms with Gasteiger partial charge in [0.2, 0.25) is 0 Å². The van der Waals surface area contributed by atoms with Crippen LogP contribution in [0.1, 0.15) is 57.4 Å². The molecule has 1 saturated carbocycles. The van der Waals surface area contributed by atoms with Crippen molar-refractivity contribution in [1.29, 1.82) is 0 Å². The van der Waals surface area contributed by atoms with Crippen molar-refractivity contribution in [3.63, 3.8) is 0 Å². The molecule has 0 aliphatic heterocycles. The number of methoxy groups -OCH3 is 1. The summed E-state index contributed by atoms with van der Waals surface area (Å²) in [5.74, 6) is -0.417. The Morgan fingerprint density at radius 3 is 2.52 bits per heavy atom. The van der Waals surface area contributed by atoms with Gasteiger partial charge in [-0.05, 0) is 59.4 Å². The Bertz CT molecular complexity index is 1130. The van der Waals surface area contributed by atoms with Crippen molar-refractivity contribution < 1.29 is 14.3 Å². The lowest BCUT2D eigenvalue weighted by molar-refractivity contribution is -0.152. The van der Waals surface area contributed by atoms with Crippen LogP contribution in [0, 0.1) is 6.92 Å². The third kappa shape index (κ3) is 4.67. The molecule has 0 unspecified atom stereocenters. The molecule has 0 N–H and O–H groups in total. The Balaban J connectivity index is 2.06. The SMILES string of the molecule is COCCn1c(=O)n(C2(C)CCC2)c(=O)c2c(C)c(C=NCC(=O)OC(C)(C)C)sc21. The number of aryl methyl sites for hydroxylation is 1. The van der Waals surface area contributed by atoms with Gasteiger partial charge in [0.15, 0.2) is 0 Å². The van der Waals surface area contributed by atoms with E-state index in [1.807, 2.05) is 13.8 Å². The van der Waals surface area contributed by atoms with E-state index >= 15 is 0 Å². The maximum absolute atomic E-state index is 13.4. The predicted molar refractivity (Wildman–Crippen MR) is 123 cm³/mol. The van der Waals surface area contributed by atoms with Crippen LogP contribution in [0.2, 0.25) is 0 Å². The Morgan fingerprint density at radius 1 is 1.29 bits per heavy atom. The molecular formula is C22H31N3O5S. The van der Waals surface area contributed by atoms with E-state index in [0.29, 0.717) is 23.4 Å². The molecule has 2 aromatic heterocycles. The first-order chi connectivity index (χ1) is 14.5. The van der Waals surface area contributed by atoms with Gasteiger partial charge in [-0.3, -0.25) is 23.7 Å². The van der Waals surface area contributed by atoms with E-state index in [1.165, 1.54) is 15.9 Å². The van der Waals surface area contributed by atoms with Gasteiger partial charge in [0.1, 0.15) is 17.0 Å². The summed E-state index contributed by atoms with van der Waals surface area (Å²) in [6, 6.07) is 0. The van der Waals surface area contributed by atoms with E-state index in [4.69, 9.17) is 9.47 Å². The Hall–Kier alpha value is -2.26. The van der Waals surface area contributed by atoms with Gasteiger partial charge in [-0.25, -0.2) is 4.79 Å². The van der Waals surface area contributed by atoms with Crippen LogP contribution in [-0.2, 0) is 26.4 Å². The summed E-state index contributed by atoms with van der Waals surface area (Å²) in [7, 11) is 1.58. The van der Waals surface area contributed by atoms with Crippen LogP contribution in [-0.4, -0.2) is 47.2 Å². The largest absolute Gasteiger partial charge is 0.459 e. The molecule has 1 fully saturated rings. The zero-order valence-corrected chi connectivity index (χ0v) is 19.9. The van der Waals surface area contributed by atoms with Gasteiger partial charge in [-0.1, -0.05) is 0 Å². The van der Waals surface area contributed by atoms with Gasteiger partial charge >= 0.3 is 11.7 Å². The molecule has 0 spiro atoms. The molecule has 3 rings (SSSR count). The first-order valence-electron chi connectivity index (χ1n) is 10.5. The third-order valence-electron chi connectivity index (χ3n) is 5.59. The van der Waals surface area contributed by atoms with Gasteiger partial charge < -0.3 is 9.47 Å². The van der Waals surface area contributed by atoms with Crippen LogP contribution < -0.4 is 11.2 Å². The molecule has 8 nitrogen and oxygen atoms in total. The summed E-state index contributed by atoms with van der Waals surface area (Å²) >= 11 is 1.33.